The Morgan fingerprint density at radius 2 is 2.27 bits per heavy atom. The van der Waals surface area contributed by atoms with Crippen LogP contribution in [0.2, 0.25) is 0 Å². The first-order valence-electron chi connectivity index (χ1n) is 4.61. The maximum absolute atomic E-state index is 10.6. The van der Waals surface area contributed by atoms with Gasteiger partial charge in [0.1, 0.15) is 0 Å². The third kappa shape index (κ3) is 3.60. The highest BCUT2D eigenvalue weighted by molar-refractivity contribution is 9.10. The average Bonchev–Trinajstić information content (AvgIpc) is 2.16. The zero-order valence-electron chi connectivity index (χ0n) is 8.31. The number of nitro benzene ring substituents is 1. The van der Waals surface area contributed by atoms with Crippen molar-refractivity contribution >= 4 is 21.6 Å². The zero-order chi connectivity index (χ0) is 11.4. The van der Waals surface area contributed by atoms with Crippen LogP contribution in [-0.4, -0.2) is 16.1 Å². The highest BCUT2D eigenvalue weighted by Gasteiger charge is 2.12. The van der Waals surface area contributed by atoms with Crippen LogP contribution in [0.15, 0.2) is 22.7 Å². The molecule has 1 aromatic carbocycles. The van der Waals surface area contributed by atoms with Crippen molar-refractivity contribution in [3.63, 3.8) is 0 Å². The summed E-state index contributed by atoms with van der Waals surface area (Å²) in [6, 6.07) is 5.02. The molecule has 0 aromatic heterocycles. The lowest BCUT2D eigenvalue weighted by Crippen LogP contribution is -2.01. The Balaban J connectivity index is 2.83. The van der Waals surface area contributed by atoms with Crippen LogP contribution < -0.4 is 0 Å². The smallest absolute Gasteiger partial charge is 0.283 e. The number of hydrogen-bond acceptors (Lipinski definition) is 3. The average molecular weight is 274 g/mol. The fourth-order valence-corrected chi connectivity index (χ4v) is 1.62. The van der Waals surface area contributed by atoms with Crippen LogP contribution in [0.4, 0.5) is 5.69 Å². The molecule has 0 fully saturated rings. The third-order valence-electron chi connectivity index (χ3n) is 2.06. The minimum absolute atomic E-state index is 0.0677. The SMILES string of the molecule is C[C@H](O)CCc1ccc(Br)c([N+](=O)[O-])c1. The predicted molar refractivity (Wildman–Crippen MR) is 60.8 cm³/mol. The van der Waals surface area contributed by atoms with Gasteiger partial charge in [0.2, 0.25) is 0 Å². The fourth-order valence-electron chi connectivity index (χ4n) is 1.23. The van der Waals surface area contributed by atoms with E-state index in [-0.39, 0.29) is 11.8 Å². The number of aliphatic hydroxyl groups is 1. The number of nitro groups is 1. The summed E-state index contributed by atoms with van der Waals surface area (Å²) in [4.78, 5) is 10.2. The van der Waals surface area contributed by atoms with Gasteiger partial charge in [0.25, 0.3) is 5.69 Å². The molecule has 5 heteroatoms. The molecule has 0 heterocycles. The first kappa shape index (κ1) is 12.1. The Hall–Kier alpha value is -0.940. The number of aryl methyl sites for hydroxylation is 1. The summed E-state index contributed by atoms with van der Waals surface area (Å²) < 4.78 is 0.480. The molecule has 15 heavy (non-hydrogen) atoms. The van der Waals surface area contributed by atoms with Crippen molar-refractivity contribution in [1.82, 2.24) is 0 Å². The summed E-state index contributed by atoms with van der Waals surface area (Å²) in [5.74, 6) is 0. The molecule has 4 nitrogen and oxygen atoms in total. The second-order valence-electron chi connectivity index (χ2n) is 3.43. The fraction of sp³-hybridized carbons (Fsp3) is 0.400. The van der Waals surface area contributed by atoms with Crippen molar-refractivity contribution in [3.8, 4) is 0 Å². The summed E-state index contributed by atoms with van der Waals surface area (Å²) >= 11 is 3.12. The second-order valence-corrected chi connectivity index (χ2v) is 4.28. The molecule has 0 saturated carbocycles. The van der Waals surface area contributed by atoms with Crippen LogP contribution in [0.25, 0.3) is 0 Å². The molecule has 0 amide bonds. The normalized spacial score (nSPS) is 12.5. The number of halogens is 1. The van der Waals surface area contributed by atoms with Gasteiger partial charge in [-0.05, 0) is 47.3 Å². The van der Waals surface area contributed by atoms with Gasteiger partial charge >= 0.3 is 0 Å². The Morgan fingerprint density at radius 3 is 2.80 bits per heavy atom. The first-order valence-corrected chi connectivity index (χ1v) is 5.41. The minimum atomic E-state index is -0.421. The van der Waals surface area contributed by atoms with E-state index < -0.39 is 4.92 Å². The molecule has 0 aliphatic carbocycles. The quantitative estimate of drug-likeness (QED) is 0.678. The molecule has 0 radical (unpaired) electrons. The lowest BCUT2D eigenvalue weighted by atomic mass is 10.1. The summed E-state index contributed by atoms with van der Waals surface area (Å²) in [7, 11) is 0. The molecule has 1 N–H and O–H groups in total. The number of aliphatic hydroxyl groups excluding tert-OH is 1. The van der Waals surface area contributed by atoms with Crippen molar-refractivity contribution in [2.75, 3.05) is 0 Å². The van der Waals surface area contributed by atoms with E-state index in [1.165, 1.54) is 6.07 Å². The van der Waals surface area contributed by atoms with Crippen LogP contribution in [-0.2, 0) is 6.42 Å². The molecule has 0 saturated heterocycles. The van der Waals surface area contributed by atoms with Crippen LogP contribution in [0, 0.1) is 10.1 Å². The molecule has 1 aromatic rings. The zero-order valence-corrected chi connectivity index (χ0v) is 9.90. The molecular weight excluding hydrogens is 262 g/mol. The molecule has 82 valence electrons. The number of hydrogen-bond donors (Lipinski definition) is 1. The van der Waals surface area contributed by atoms with E-state index in [1.807, 2.05) is 6.07 Å². The van der Waals surface area contributed by atoms with Crippen molar-refractivity contribution in [2.45, 2.75) is 25.9 Å². The van der Waals surface area contributed by atoms with Gasteiger partial charge in [0.15, 0.2) is 0 Å². The summed E-state index contributed by atoms with van der Waals surface area (Å²) in [5.41, 5.74) is 0.934. The maximum atomic E-state index is 10.6. The predicted octanol–water partition coefficient (Wildman–Crippen LogP) is 2.67. The largest absolute Gasteiger partial charge is 0.393 e. The van der Waals surface area contributed by atoms with E-state index in [0.29, 0.717) is 17.3 Å². The summed E-state index contributed by atoms with van der Waals surface area (Å²) in [6.45, 7) is 1.70. The van der Waals surface area contributed by atoms with Crippen LogP contribution in [0.5, 0.6) is 0 Å². The van der Waals surface area contributed by atoms with E-state index in [9.17, 15) is 10.1 Å². The Morgan fingerprint density at radius 1 is 1.60 bits per heavy atom. The summed E-state index contributed by atoms with van der Waals surface area (Å²) in [5, 5.41) is 19.7. The van der Waals surface area contributed by atoms with E-state index >= 15 is 0 Å². The maximum Gasteiger partial charge on any atom is 0.283 e. The van der Waals surface area contributed by atoms with Gasteiger partial charge < -0.3 is 5.11 Å². The molecule has 1 rings (SSSR count). The third-order valence-corrected chi connectivity index (χ3v) is 2.73. The number of rotatable bonds is 4. The Kier molecular flexibility index (Phi) is 4.23. The molecule has 0 unspecified atom stereocenters. The monoisotopic (exact) mass is 273 g/mol. The molecular formula is C10H12BrNO3. The highest BCUT2D eigenvalue weighted by atomic mass is 79.9. The highest BCUT2D eigenvalue weighted by Crippen LogP contribution is 2.26. The van der Waals surface area contributed by atoms with Crippen molar-refractivity contribution in [1.29, 1.82) is 0 Å². The van der Waals surface area contributed by atoms with E-state index in [2.05, 4.69) is 15.9 Å². The van der Waals surface area contributed by atoms with Crippen LogP contribution in [0.3, 0.4) is 0 Å². The Labute approximate surface area is 96.2 Å². The van der Waals surface area contributed by atoms with Gasteiger partial charge in [-0.2, -0.15) is 0 Å². The van der Waals surface area contributed by atoms with Gasteiger partial charge in [0.05, 0.1) is 15.5 Å². The van der Waals surface area contributed by atoms with E-state index in [1.54, 1.807) is 13.0 Å². The molecule has 1 atom stereocenters. The van der Waals surface area contributed by atoms with Crippen LogP contribution >= 0.6 is 15.9 Å². The van der Waals surface area contributed by atoms with Gasteiger partial charge in [-0.1, -0.05) is 6.07 Å². The minimum Gasteiger partial charge on any atom is -0.393 e. The number of nitrogens with zero attached hydrogens (tertiary/aromatic N) is 1. The second kappa shape index (κ2) is 5.23. The first-order chi connectivity index (χ1) is 7.00. The van der Waals surface area contributed by atoms with Crippen LogP contribution in [0.1, 0.15) is 18.9 Å². The van der Waals surface area contributed by atoms with E-state index in [0.717, 1.165) is 5.56 Å². The lowest BCUT2D eigenvalue weighted by molar-refractivity contribution is -0.385. The summed E-state index contributed by atoms with van der Waals surface area (Å²) in [6.07, 6.45) is 0.873. The van der Waals surface area contributed by atoms with Crippen molar-refractivity contribution < 1.29 is 10.0 Å². The molecule has 0 bridgehead atoms. The molecule has 0 spiro atoms. The van der Waals surface area contributed by atoms with Gasteiger partial charge in [-0.3, -0.25) is 10.1 Å². The van der Waals surface area contributed by atoms with Crippen molar-refractivity contribution in [2.24, 2.45) is 0 Å². The topological polar surface area (TPSA) is 63.4 Å². The number of benzene rings is 1. The molecule has 0 aliphatic heterocycles. The Bertz CT molecular complexity index is 366. The lowest BCUT2D eigenvalue weighted by Gasteiger charge is -2.04. The van der Waals surface area contributed by atoms with Crippen molar-refractivity contribution in [3.05, 3.63) is 38.3 Å². The van der Waals surface area contributed by atoms with Gasteiger partial charge in [-0.25, -0.2) is 0 Å². The van der Waals surface area contributed by atoms with Gasteiger partial charge in [0, 0.05) is 6.07 Å². The van der Waals surface area contributed by atoms with Gasteiger partial charge in [-0.15, -0.1) is 0 Å². The van der Waals surface area contributed by atoms with E-state index in [4.69, 9.17) is 5.11 Å². The standard InChI is InChI=1S/C10H12BrNO3/c1-7(13)2-3-8-4-5-9(11)10(6-8)12(14)15/h4-7,13H,2-3H2,1H3/t7-/m0/s1. The molecule has 0 aliphatic rings.